The van der Waals surface area contributed by atoms with Gasteiger partial charge in [-0.2, -0.15) is 0 Å². The molecule has 24 heavy (non-hydrogen) atoms. The average molecular weight is 323 g/mol. The molecular weight excluding hydrogens is 298 g/mol. The average Bonchev–Trinajstić information content (AvgIpc) is 2.64. The summed E-state index contributed by atoms with van der Waals surface area (Å²) in [5.74, 6) is 0.963. The topological polar surface area (TPSA) is 36.9 Å². The highest BCUT2D eigenvalue weighted by Crippen LogP contribution is 2.18. The molecule has 4 heteroatoms. The van der Waals surface area contributed by atoms with Crippen LogP contribution >= 0.6 is 0 Å². The first-order valence-electron chi connectivity index (χ1n) is 8.39. The first-order valence-corrected chi connectivity index (χ1v) is 8.39. The first-order chi connectivity index (χ1) is 11.8. The molecule has 0 spiro atoms. The molecule has 1 aliphatic heterocycles. The zero-order valence-electron chi connectivity index (χ0n) is 14.5. The molecule has 0 bridgehead atoms. The van der Waals surface area contributed by atoms with Gasteiger partial charge in [0.15, 0.2) is 5.96 Å². The highest BCUT2D eigenvalue weighted by molar-refractivity contribution is 5.80. The van der Waals surface area contributed by atoms with E-state index >= 15 is 0 Å². The molecule has 4 nitrogen and oxygen atoms in total. The second-order valence-electron chi connectivity index (χ2n) is 6.09. The standard InChI is InChI=1S/C20H25N3O/c1-21-20(22-13-16-7-9-17(10-8-16)15-24-2)23-12-11-18-5-3-4-6-19(18)14-23/h3-10H,11-15H2,1-2H3,(H,21,22). The number of hydrogen-bond donors (Lipinski definition) is 1. The monoisotopic (exact) mass is 323 g/mol. The van der Waals surface area contributed by atoms with Crippen LogP contribution in [0.5, 0.6) is 0 Å². The van der Waals surface area contributed by atoms with Crippen LogP contribution in [-0.4, -0.2) is 31.6 Å². The van der Waals surface area contributed by atoms with Crippen LogP contribution in [0.15, 0.2) is 53.5 Å². The summed E-state index contributed by atoms with van der Waals surface area (Å²) in [7, 11) is 3.57. The molecule has 2 aromatic carbocycles. The minimum Gasteiger partial charge on any atom is -0.380 e. The van der Waals surface area contributed by atoms with Gasteiger partial charge in [-0.15, -0.1) is 0 Å². The van der Waals surface area contributed by atoms with Crippen LogP contribution in [-0.2, 0) is 30.9 Å². The lowest BCUT2D eigenvalue weighted by molar-refractivity contribution is 0.185. The van der Waals surface area contributed by atoms with E-state index in [0.717, 1.165) is 32.0 Å². The summed E-state index contributed by atoms with van der Waals surface area (Å²) < 4.78 is 5.15. The molecule has 0 aliphatic carbocycles. The Labute approximate surface area is 144 Å². The normalized spacial score (nSPS) is 14.4. The van der Waals surface area contributed by atoms with Gasteiger partial charge in [0.1, 0.15) is 0 Å². The molecule has 0 radical (unpaired) electrons. The summed E-state index contributed by atoms with van der Waals surface area (Å²) in [6.45, 7) is 3.35. The van der Waals surface area contributed by atoms with Gasteiger partial charge in [0, 0.05) is 33.8 Å². The van der Waals surface area contributed by atoms with Gasteiger partial charge >= 0.3 is 0 Å². The maximum atomic E-state index is 5.15. The van der Waals surface area contributed by atoms with Crippen LogP contribution in [0.3, 0.4) is 0 Å². The number of nitrogens with zero attached hydrogens (tertiary/aromatic N) is 2. The molecule has 0 unspecified atom stereocenters. The first kappa shape index (κ1) is 16.5. The summed E-state index contributed by atoms with van der Waals surface area (Å²) >= 11 is 0. The van der Waals surface area contributed by atoms with Crippen molar-refractivity contribution in [1.29, 1.82) is 0 Å². The van der Waals surface area contributed by atoms with Crippen LogP contribution in [0.25, 0.3) is 0 Å². The minimum absolute atomic E-state index is 0.655. The molecule has 0 aromatic heterocycles. The van der Waals surface area contributed by atoms with Gasteiger partial charge in [-0.25, -0.2) is 0 Å². The van der Waals surface area contributed by atoms with Gasteiger partial charge in [-0.05, 0) is 28.7 Å². The van der Waals surface area contributed by atoms with Gasteiger partial charge in [-0.3, -0.25) is 4.99 Å². The number of hydrogen-bond acceptors (Lipinski definition) is 2. The second-order valence-corrected chi connectivity index (χ2v) is 6.09. The lowest BCUT2D eigenvalue weighted by Crippen LogP contribution is -2.43. The van der Waals surface area contributed by atoms with E-state index in [0.29, 0.717) is 6.61 Å². The zero-order valence-corrected chi connectivity index (χ0v) is 14.5. The molecule has 1 aliphatic rings. The van der Waals surface area contributed by atoms with E-state index in [4.69, 9.17) is 4.74 Å². The van der Waals surface area contributed by atoms with Crippen LogP contribution < -0.4 is 5.32 Å². The van der Waals surface area contributed by atoms with Crippen molar-refractivity contribution in [2.45, 2.75) is 26.1 Å². The van der Waals surface area contributed by atoms with Gasteiger partial charge in [0.2, 0.25) is 0 Å². The number of methoxy groups -OCH3 is 1. The Morgan fingerprint density at radius 2 is 1.79 bits per heavy atom. The Balaban J connectivity index is 1.59. The van der Waals surface area contributed by atoms with Gasteiger partial charge in [-0.1, -0.05) is 48.5 Å². The molecule has 0 atom stereocenters. The second kappa shape index (κ2) is 7.97. The quantitative estimate of drug-likeness (QED) is 0.694. The van der Waals surface area contributed by atoms with Crippen LogP contribution in [0.4, 0.5) is 0 Å². The Morgan fingerprint density at radius 1 is 1.08 bits per heavy atom. The van der Waals surface area contributed by atoms with Crippen LogP contribution in [0.1, 0.15) is 22.3 Å². The smallest absolute Gasteiger partial charge is 0.194 e. The van der Waals surface area contributed by atoms with Crippen molar-refractivity contribution in [3.05, 3.63) is 70.8 Å². The van der Waals surface area contributed by atoms with E-state index in [-0.39, 0.29) is 0 Å². The molecule has 1 heterocycles. The largest absolute Gasteiger partial charge is 0.380 e. The summed E-state index contributed by atoms with van der Waals surface area (Å²) in [4.78, 5) is 6.78. The molecule has 0 saturated heterocycles. The predicted molar refractivity (Wildman–Crippen MR) is 97.9 cm³/mol. The Kier molecular flexibility index (Phi) is 5.49. The van der Waals surface area contributed by atoms with E-state index in [2.05, 4.69) is 63.7 Å². The van der Waals surface area contributed by atoms with Crippen molar-refractivity contribution in [1.82, 2.24) is 10.2 Å². The molecular formula is C20H25N3O. The third kappa shape index (κ3) is 3.95. The van der Waals surface area contributed by atoms with E-state index in [9.17, 15) is 0 Å². The van der Waals surface area contributed by atoms with Crippen molar-refractivity contribution in [3.8, 4) is 0 Å². The minimum atomic E-state index is 0.655. The van der Waals surface area contributed by atoms with Crippen molar-refractivity contribution in [2.75, 3.05) is 20.7 Å². The van der Waals surface area contributed by atoms with Crippen molar-refractivity contribution in [2.24, 2.45) is 4.99 Å². The zero-order chi connectivity index (χ0) is 16.8. The van der Waals surface area contributed by atoms with E-state index in [1.54, 1.807) is 7.11 Å². The lowest BCUT2D eigenvalue weighted by Gasteiger charge is -2.31. The third-order valence-electron chi connectivity index (χ3n) is 4.43. The number of nitrogens with one attached hydrogen (secondary N) is 1. The SMILES string of the molecule is CN=C(NCc1ccc(COC)cc1)N1CCc2ccccc2C1. The molecule has 0 amide bonds. The molecule has 3 rings (SSSR count). The number of ether oxygens (including phenoxy) is 1. The van der Waals surface area contributed by atoms with Crippen LogP contribution in [0, 0.1) is 0 Å². The Morgan fingerprint density at radius 3 is 2.50 bits per heavy atom. The molecule has 2 aromatic rings. The van der Waals surface area contributed by atoms with Gasteiger partial charge in [0.05, 0.1) is 6.61 Å². The van der Waals surface area contributed by atoms with Crippen molar-refractivity contribution in [3.63, 3.8) is 0 Å². The summed E-state index contributed by atoms with van der Waals surface area (Å²) in [6, 6.07) is 17.2. The Bertz CT molecular complexity index is 694. The van der Waals surface area contributed by atoms with Crippen molar-refractivity contribution >= 4 is 5.96 Å². The van der Waals surface area contributed by atoms with Crippen molar-refractivity contribution < 1.29 is 4.74 Å². The lowest BCUT2D eigenvalue weighted by atomic mass is 10.0. The number of rotatable bonds is 4. The maximum Gasteiger partial charge on any atom is 0.194 e. The fourth-order valence-corrected chi connectivity index (χ4v) is 3.11. The number of benzene rings is 2. The Hall–Kier alpha value is -2.33. The van der Waals surface area contributed by atoms with E-state index in [1.807, 2.05) is 7.05 Å². The van der Waals surface area contributed by atoms with Gasteiger partial charge in [0.25, 0.3) is 0 Å². The third-order valence-corrected chi connectivity index (χ3v) is 4.43. The number of fused-ring (bicyclic) bond motifs is 1. The summed E-state index contributed by atoms with van der Waals surface area (Å²) in [5.41, 5.74) is 5.29. The highest BCUT2D eigenvalue weighted by Gasteiger charge is 2.18. The predicted octanol–water partition coefficient (Wildman–Crippen LogP) is 2.97. The number of aliphatic imine (C=N–C) groups is 1. The van der Waals surface area contributed by atoms with Crippen LogP contribution in [0.2, 0.25) is 0 Å². The molecule has 0 fully saturated rings. The van der Waals surface area contributed by atoms with Gasteiger partial charge < -0.3 is 15.0 Å². The molecule has 1 N–H and O–H groups in total. The van der Waals surface area contributed by atoms with E-state index < -0.39 is 0 Å². The molecule has 0 saturated carbocycles. The highest BCUT2D eigenvalue weighted by atomic mass is 16.5. The number of guanidine groups is 1. The molecule has 126 valence electrons. The summed E-state index contributed by atoms with van der Waals surface area (Å²) in [6.07, 6.45) is 1.07. The fourth-order valence-electron chi connectivity index (χ4n) is 3.11. The maximum absolute atomic E-state index is 5.15. The fraction of sp³-hybridized carbons (Fsp3) is 0.350. The van der Waals surface area contributed by atoms with E-state index in [1.165, 1.54) is 22.3 Å². The summed E-state index contributed by atoms with van der Waals surface area (Å²) in [5, 5.41) is 3.48.